The largest absolute Gasteiger partial charge is 0.483 e. The molecule has 0 radical (unpaired) electrons. The molecule has 0 amide bonds. The molecule has 2 heteroatoms. The van der Waals surface area contributed by atoms with E-state index in [0.717, 1.165) is 5.75 Å². The second kappa shape index (κ2) is 4.65. The average Bonchev–Trinajstić information content (AvgIpc) is 2.15. The minimum atomic E-state index is -0.303. The molecule has 0 saturated carbocycles. The topological polar surface area (TPSA) is 26.3 Å². The molecular weight excluding hydrogens is 164 g/mol. The third-order valence-corrected chi connectivity index (χ3v) is 1.85. The predicted octanol–water partition coefficient (Wildman–Crippen LogP) is 2.43. The Bertz CT molecular complexity index is 267. The summed E-state index contributed by atoms with van der Waals surface area (Å²) in [7, 11) is 0. The normalized spacial score (nSPS) is 12.2. The van der Waals surface area contributed by atoms with Crippen LogP contribution in [0.3, 0.4) is 0 Å². The molecule has 0 fully saturated rings. The second-order valence-electron chi connectivity index (χ2n) is 2.94. The first-order chi connectivity index (χ1) is 6.24. The fraction of sp³-hybridized carbons (Fsp3) is 0.364. The Morgan fingerprint density at radius 1 is 1.38 bits per heavy atom. The molecule has 1 rings (SSSR count). The average molecular weight is 178 g/mol. The van der Waals surface area contributed by atoms with Gasteiger partial charge < -0.3 is 4.74 Å². The maximum Gasteiger partial charge on any atom is 0.170 e. The first-order valence-corrected chi connectivity index (χ1v) is 4.46. The summed E-state index contributed by atoms with van der Waals surface area (Å²) in [6.07, 6.45) is 0.409. The summed E-state index contributed by atoms with van der Waals surface area (Å²) in [5.74, 6) is 0.830. The van der Waals surface area contributed by atoms with Crippen LogP contribution in [0.25, 0.3) is 0 Å². The molecule has 1 aromatic rings. The Balaban J connectivity index is 2.62. The Hall–Kier alpha value is -1.31. The lowest BCUT2D eigenvalue weighted by atomic mass is 10.2. The van der Waals surface area contributed by atoms with Gasteiger partial charge in [0.05, 0.1) is 0 Å². The number of carbonyl (C=O) groups excluding carboxylic acids is 1. The molecule has 0 aliphatic rings. The maximum atomic E-state index is 11.1. The zero-order valence-corrected chi connectivity index (χ0v) is 7.99. The molecule has 0 saturated heterocycles. The zero-order chi connectivity index (χ0) is 9.68. The third-order valence-electron chi connectivity index (χ3n) is 1.85. The van der Waals surface area contributed by atoms with Gasteiger partial charge in [0.2, 0.25) is 0 Å². The second-order valence-corrected chi connectivity index (χ2v) is 2.94. The number of Topliss-reactive ketones (excluding diaryl/α,β-unsaturated/α-hetero) is 1. The standard InChI is InChI=1S/C11H14O2/c1-3-11(9(2)12)13-10-7-5-4-6-8-10/h4-8,11H,3H2,1-2H3. The highest BCUT2D eigenvalue weighted by Gasteiger charge is 2.12. The Morgan fingerprint density at radius 3 is 2.46 bits per heavy atom. The van der Waals surface area contributed by atoms with Gasteiger partial charge in [0.1, 0.15) is 5.75 Å². The summed E-state index contributed by atoms with van der Waals surface area (Å²) in [6, 6.07) is 9.41. The van der Waals surface area contributed by atoms with E-state index in [-0.39, 0.29) is 11.9 Å². The molecule has 2 nitrogen and oxygen atoms in total. The number of ether oxygens (including phenoxy) is 1. The van der Waals surface area contributed by atoms with Crippen molar-refractivity contribution in [3.05, 3.63) is 30.3 Å². The van der Waals surface area contributed by atoms with Crippen molar-refractivity contribution in [1.29, 1.82) is 0 Å². The molecule has 0 aliphatic carbocycles. The van der Waals surface area contributed by atoms with E-state index in [4.69, 9.17) is 4.74 Å². The van der Waals surface area contributed by atoms with Gasteiger partial charge in [0.25, 0.3) is 0 Å². The van der Waals surface area contributed by atoms with Crippen molar-refractivity contribution < 1.29 is 9.53 Å². The smallest absolute Gasteiger partial charge is 0.170 e. The lowest BCUT2D eigenvalue weighted by Crippen LogP contribution is -2.23. The fourth-order valence-corrected chi connectivity index (χ4v) is 1.12. The molecule has 0 aromatic heterocycles. The SMILES string of the molecule is CCC(Oc1ccccc1)C(C)=O. The number of carbonyl (C=O) groups is 1. The zero-order valence-electron chi connectivity index (χ0n) is 7.99. The number of benzene rings is 1. The van der Waals surface area contributed by atoms with Crippen LogP contribution in [0, 0.1) is 0 Å². The van der Waals surface area contributed by atoms with Crippen molar-refractivity contribution in [2.75, 3.05) is 0 Å². The van der Waals surface area contributed by atoms with Gasteiger partial charge in [-0.15, -0.1) is 0 Å². The molecule has 13 heavy (non-hydrogen) atoms. The molecule has 0 bridgehead atoms. The van der Waals surface area contributed by atoms with Gasteiger partial charge in [-0.1, -0.05) is 25.1 Å². The van der Waals surface area contributed by atoms with E-state index < -0.39 is 0 Å². The van der Waals surface area contributed by atoms with Crippen molar-refractivity contribution in [2.24, 2.45) is 0 Å². The van der Waals surface area contributed by atoms with Crippen molar-refractivity contribution in [1.82, 2.24) is 0 Å². The summed E-state index contributed by atoms with van der Waals surface area (Å²) in [5, 5.41) is 0. The minimum Gasteiger partial charge on any atom is -0.483 e. The van der Waals surface area contributed by atoms with Crippen LogP contribution in [0.1, 0.15) is 20.3 Å². The highest BCUT2D eigenvalue weighted by molar-refractivity contribution is 5.80. The van der Waals surface area contributed by atoms with Crippen LogP contribution in [0.15, 0.2) is 30.3 Å². The van der Waals surface area contributed by atoms with Gasteiger partial charge in [0.15, 0.2) is 11.9 Å². The van der Waals surface area contributed by atoms with E-state index in [9.17, 15) is 4.79 Å². The number of ketones is 1. The van der Waals surface area contributed by atoms with Crippen LogP contribution in [-0.4, -0.2) is 11.9 Å². The van der Waals surface area contributed by atoms with Crippen molar-refractivity contribution in [2.45, 2.75) is 26.4 Å². The summed E-state index contributed by atoms with van der Waals surface area (Å²) >= 11 is 0. The molecule has 0 heterocycles. The fourth-order valence-electron chi connectivity index (χ4n) is 1.12. The number of para-hydroxylation sites is 1. The number of rotatable bonds is 4. The predicted molar refractivity (Wildman–Crippen MR) is 51.8 cm³/mol. The van der Waals surface area contributed by atoms with E-state index in [2.05, 4.69) is 0 Å². The molecule has 1 unspecified atom stereocenters. The summed E-state index contributed by atoms with van der Waals surface area (Å²) in [6.45, 7) is 3.49. The van der Waals surface area contributed by atoms with Crippen LogP contribution >= 0.6 is 0 Å². The van der Waals surface area contributed by atoms with Crippen LogP contribution in [0.2, 0.25) is 0 Å². The lowest BCUT2D eigenvalue weighted by Gasteiger charge is -2.13. The monoisotopic (exact) mass is 178 g/mol. The first kappa shape index (κ1) is 9.78. The molecule has 0 N–H and O–H groups in total. The molecule has 70 valence electrons. The van der Waals surface area contributed by atoms with Crippen molar-refractivity contribution in [3.8, 4) is 5.75 Å². The van der Waals surface area contributed by atoms with Crippen LogP contribution in [-0.2, 0) is 4.79 Å². The van der Waals surface area contributed by atoms with E-state index in [0.29, 0.717) is 6.42 Å². The molecular formula is C11H14O2. The first-order valence-electron chi connectivity index (χ1n) is 4.46. The van der Waals surface area contributed by atoms with Crippen LogP contribution in [0.4, 0.5) is 0 Å². The maximum absolute atomic E-state index is 11.1. The third kappa shape index (κ3) is 2.90. The Morgan fingerprint density at radius 2 is 2.00 bits per heavy atom. The lowest BCUT2D eigenvalue weighted by molar-refractivity contribution is -0.123. The van der Waals surface area contributed by atoms with Crippen molar-refractivity contribution >= 4 is 5.78 Å². The highest BCUT2D eigenvalue weighted by atomic mass is 16.5. The molecule has 1 atom stereocenters. The van der Waals surface area contributed by atoms with E-state index >= 15 is 0 Å². The number of hydrogen-bond acceptors (Lipinski definition) is 2. The van der Waals surface area contributed by atoms with Crippen LogP contribution in [0.5, 0.6) is 5.75 Å². The van der Waals surface area contributed by atoms with E-state index in [1.807, 2.05) is 37.3 Å². The Kier molecular flexibility index (Phi) is 3.50. The van der Waals surface area contributed by atoms with Crippen LogP contribution < -0.4 is 4.74 Å². The van der Waals surface area contributed by atoms with Crippen molar-refractivity contribution in [3.63, 3.8) is 0 Å². The van der Waals surface area contributed by atoms with Gasteiger partial charge in [-0.25, -0.2) is 0 Å². The summed E-state index contributed by atoms with van der Waals surface area (Å²) in [4.78, 5) is 11.1. The Labute approximate surface area is 78.5 Å². The van der Waals surface area contributed by atoms with E-state index in [1.165, 1.54) is 0 Å². The highest BCUT2D eigenvalue weighted by Crippen LogP contribution is 2.12. The van der Waals surface area contributed by atoms with Gasteiger partial charge in [-0.05, 0) is 25.5 Å². The van der Waals surface area contributed by atoms with Gasteiger partial charge in [-0.3, -0.25) is 4.79 Å². The summed E-state index contributed by atoms with van der Waals surface area (Å²) < 4.78 is 5.48. The quantitative estimate of drug-likeness (QED) is 0.707. The van der Waals surface area contributed by atoms with E-state index in [1.54, 1.807) is 6.92 Å². The molecule has 0 spiro atoms. The molecule has 1 aromatic carbocycles. The van der Waals surface area contributed by atoms with Gasteiger partial charge >= 0.3 is 0 Å². The van der Waals surface area contributed by atoms with Gasteiger partial charge in [0, 0.05) is 0 Å². The molecule has 0 aliphatic heterocycles. The number of hydrogen-bond donors (Lipinski definition) is 0. The summed E-state index contributed by atoms with van der Waals surface area (Å²) in [5.41, 5.74) is 0. The van der Waals surface area contributed by atoms with Gasteiger partial charge in [-0.2, -0.15) is 0 Å². The minimum absolute atomic E-state index is 0.0753.